The highest BCUT2D eigenvalue weighted by Gasteiger charge is 2.22. The summed E-state index contributed by atoms with van der Waals surface area (Å²) in [6.07, 6.45) is 6.65. The molecular formula is C31H31F2N9O3S. The summed E-state index contributed by atoms with van der Waals surface area (Å²) in [5, 5.41) is 20.6. The SMILES string of the molecule is CC(C)(C)CC(O)Nc1cncc(-c2cnc3[nH]nc(-c4nc5c(-c6cc(F)cc(CNS(C)(=O)=O)c6)ccnc5[nH]4)c3c2F)c1. The number of H-pyrrole nitrogens is 2. The Hall–Kier alpha value is -4.86. The number of aromatic amines is 2. The van der Waals surface area contributed by atoms with E-state index in [-0.39, 0.29) is 40.1 Å². The smallest absolute Gasteiger partial charge is 0.209 e. The number of nitrogens with one attached hydrogen (secondary N) is 4. The molecular weight excluding hydrogens is 616 g/mol. The van der Waals surface area contributed by atoms with Crippen LogP contribution in [0.2, 0.25) is 0 Å². The first kappa shape index (κ1) is 31.1. The molecule has 12 nitrogen and oxygen atoms in total. The van der Waals surface area contributed by atoms with E-state index in [1.165, 1.54) is 30.7 Å². The maximum Gasteiger partial charge on any atom is 0.209 e. The lowest BCUT2D eigenvalue weighted by Crippen LogP contribution is -2.25. The van der Waals surface area contributed by atoms with Crippen LogP contribution in [0.4, 0.5) is 14.5 Å². The Morgan fingerprint density at radius 3 is 2.57 bits per heavy atom. The van der Waals surface area contributed by atoms with Gasteiger partial charge in [-0.2, -0.15) is 5.10 Å². The van der Waals surface area contributed by atoms with Crippen molar-refractivity contribution in [3.8, 4) is 33.8 Å². The Morgan fingerprint density at radius 1 is 1.00 bits per heavy atom. The minimum atomic E-state index is -3.49. The molecule has 0 aliphatic rings. The van der Waals surface area contributed by atoms with E-state index < -0.39 is 27.9 Å². The van der Waals surface area contributed by atoms with E-state index in [1.807, 2.05) is 20.8 Å². The van der Waals surface area contributed by atoms with E-state index in [9.17, 15) is 17.9 Å². The van der Waals surface area contributed by atoms with Crippen molar-refractivity contribution < 1.29 is 22.3 Å². The van der Waals surface area contributed by atoms with Gasteiger partial charge in [0.1, 0.15) is 29.1 Å². The average Bonchev–Trinajstić information content (AvgIpc) is 3.59. The second kappa shape index (κ2) is 11.8. The largest absolute Gasteiger partial charge is 0.374 e. The fourth-order valence-electron chi connectivity index (χ4n) is 5.19. The van der Waals surface area contributed by atoms with Gasteiger partial charge in [-0.1, -0.05) is 20.8 Å². The second-order valence-corrected chi connectivity index (χ2v) is 14.1. The maximum atomic E-state index is 16.3. The molecule has 0 aliphatic heterocycles. The van der Waals surface area contributed by atoms with Crippen molar-refractivity contribution >= 4 is 37.9 Å². The van der Waals surface area contributed by atoms with Crippen molar-refractivity contribution in [2.75, 3.05) is 11.6 Å². The number of hydrogen-bond acceptors (Lipinski definition) is 9. The number of aromatic nitrogens is 7. The number of rotatable bonds is 9. The number of pyridine rings is 3. The third-order valence-corrected chi connectivity index (χ3v) is 7.80. The van der Waals surface area contributed by atoms with Gasteiger partial charge in [0.15, 0.2) is 17.1 Å². The monoisotopic (exact) mass is 647 g/mol. The number of sulfonamides is 1. The van der Waals surface area contributed by atoms with Gasteiger partial charge in [-0.3, -0.25) is 10.1 Å². The lowest BCUT2D eigenvalue weighted by molar-refractivity contribution is 0.145. The molecule has 0 spiro atoms. The first-order valence-corrected chi connectivity index (χ1v) is 16.2. The molecule has 1 aromatic carbocycles. The van der Waals surface area contributed by atoms with Gasteiger partial charge in [0.25, 0.3) is 0 Å². The number of benzene rings is 1. The van der Waals surface area contributed by atoms with Crippen molar-refractivity contribution in [2.24, 2.45) is 5.41 Å². The third-order valence-electron chi connectivity index (χ3n) is 7.13. The molecule has 0 fully saturated rings. The van der Waals surface area contributed by atoms with Crippen molar-refractivity contribution in [3.63, 3.8) is 0 Å². The highest BCUT2D eigenvalue weighted by molar-refractivity contribution is 7.88. The number of hydrogen-bond donors (Lipinski definition) is 5. The highest BCUT2D eigenvalue weighted by atomic mass is 32.2. The molecule has 0 bridgehead atoms. The molecule has 5 heterocycles. The van der Waals surface area contributed by atoms with Crippen LogP contribution >= 0.6 is 0 Å². The molecule has 0 saturated carbocycles. The molecule has 15 heteroatoms. The van der Waals surface area contributed by atoms with E-state index in [0.717, 1.165) is 6.26 Å². The highest BCUT2D eigenvalue weighted by Crippen LogP contribution is 2.35. The summed E-state index contributed by atoms with van der Waals surface area (Å²) >= 11 is 0. The first-order chi connectivity index (χ1) is 21.7. The Kier molecular flexibility index (Phi) is 8.00. The summed E-state index contributed by atoms with van der Waals surface area (Å²) in [5.41, 5.74) is 3.49. The molecule has 6 aromatic rings. The predicted molar refractivity (Wildman–Crippen MR) is 171 cm³/mol. The Labute approximate surface area is 262 Å². The van der Waals surface area contributed by atoms with Crippen LogP contribution in [0.15, 0.2) is 55.1 Å². The molecule has 5 N–H and O–H groups in total. The summed E-state index contributed by atoms with van der Waals surface area (Å²) < 4.78 is 56.4. The number of aliphatic hydroxyl groups excluding tert-OH is 1. The minimum Gasteiger partial charge on any atom is -0.374 e. The van der Waals surface area contributed by atoms with Gasteiger partial charge in [-0.05, 0) is 53.3 Å². The van der Waals surface area contributed by atoms with Gasteiger partial charge >= 0.3 is 0 Å². The third kappa shape index (κ3) is 6.71. The molecule has 1 atom stereocenters. The predicted octanol–water partition coefficient (Wildman–Crippen LogP) is 5.12. The summed E-state index contributed by atoms with van der Waals surface area (Å²) in [4.78, 5) is 20.7. The van der Waals surface area contributed by atoms with Crippen LogP contribution in [0.3, 0.4) is 0 Å². The fourth-order valence-corrected chi connectivity index (χ4v) is 5.62. The molecule has 238 valence electrons. The number of imidazole rings is 1. The van der Waals surface area contributed by atoms with E-state index in [2.05, 4.69) is 45.2 Å². The number of anilines is 1. The Morgan fingerprint density at radius 2 is 1.80 bits per heavy atom. The molecule has 0 radical (unpaired) electrons. The zero-order valence-electron chi connectivity index (χ0n) is 25.4. The topological polar surface area (TPSA) is 174 Å². The van der Waals surface area contributed by atoms with Crippen LogP contribution in [0.1, 0.15) is 32.8 Å². The van der Waals surface area contributed by atoms with Crippen LogP contribution in [0, 0.1) is 17.0 Å². The first-order valence-electron chi connectivity index (χ1n) is 14.3. The normalized spacial score (nSPS) is 13.0. The summed E-state index contributed by atoms with van der Waals surface area (Å²) in [7, 11) is -3.49. The summed E-state index contributed by atoms with van der Waals surface area (Å²) in [5.74, 6) is -0.960. The van der Waals surface area contributed by atoms with Gasteiger partial charge in [-0.25, -0.2) is 36.9 Å². The van der Waals surface area contributed by atoms with Crippen LogP contribution in [0.25, 0.3) is 56.0 Å². The van der Waals surface area contributed by atoms with Crippen molar-refractivity contribution in [1.82, 2.24) is 39.8 Å². The maximum absolute atomic E-state index is 16.3. The lowest BCUT2D eigenvalue weighted by Gasteiger charge is -2.23. The Bertz CT molecular complexity index is 2190. The molecule has 6 rings (SSSR count). The standard InChI is InChI=1S/C31H31F2N9O3S/c1-31(2,3)11-23(43)38-20-10-18(13-34-14-20)22-15-36-28-24(25(22)33)27(41-42-28)30-39-26-21(5-6-35-29(26)40-30)17-7-16(8-19(32)9-17)12-37-46(4,44)45/h5-10,13-15,23,37-38,43H,11-12H2,1-4H3,(H,35,39,40)(H,36,41,42). The van der Waals surface area contributed by atoms with Gasteiger partial charge < -0.3 is 15.4 Å². The van der Waals surface area contributed by atoms with Crippen LogP contribution in [-0.2, 0) is 16.6 Å². The van der Waals surface area contributed by atoms with Crippen LogP contribution in [-0.4, -0.2) is 61.1 Å². The van der Waals surface area contributed by atoms with Gasteiger partial charge in [-0.15, -0.1) is 0 Å². The molecule has 1 unspecified atom stereocenters. The van der Waals surface area contributed by atoms with E-state index >= 15 is 4.39 Å². The quantitative estimate of drug-likeness (QED) is 0.133. The zero-order valence-corrected chi connectivity index (χ0v) is 26.2. The van der Waals surface area contributed by atoms with Crippen molar-refractivity contribution in [3.05, 3.63) is 72.3 Å². The van der Waals surface area contributed by atoms with E-state index in [4.69, 9.17) is 0 Å². The number of nitrogens with zero attached hydrogens (tertiary/aromatic N) is 5. The number of aliphatic hydroxyl groups is 1. The zero-order chi connectivity index (χ0) is 32.8. The molecule has 46 heavy (non-hydrogen) atoms. The van der Waals surface area contributed by atoms with Crippen molar-refractivity contribution in [2.45, 2.75) is 40.0 Å². The van der Waals surface area contributed by atoms with Crippen LogP contribution in [0.5, 0.6) is 0 Å². The van der Waals surface area contributed by atoms with E-state index in [1.54, 1.807) is 24.4 Å². The Balaban J connectivity index is 1.37. The van der Waals surface area contributed by atoms with Gasteiger partial charge in [0.05, 0.1) is 23.5 Å². The average molecular weight is 648 g/mol. The van der Waals surface area contributed by atoms with Gasteiger partial charge in [0.2, 0.25) is 10.0 Å². The lowest BCUT2D eigenvalue weighted by atomic mass is 9.91. The molecule has 0 saturated heterocycles. The van der Waals surface area contributed by atoms with Crippen molar-refractivity contribution in [1.29, 1.82) is 0 Å². The summed E-state index contributed by atoms with van der Waals surface area (Å²) in [6.45, 7) is 5.96. The molecule has 5 aromatic heterocycles. The molecule has 0 aliphatic carbocycles. The van der Waals surface area contributed by atoms with Crippen LogP contribution < -0.4 is 10.0 Å². The van der Waals surface area contributed by atoms with Gasteiger partial charge in [0, 0.05) is 41.8 Å². The summed E-state index contributed by atoms with van der Waals surface area (Å²) in [6, 6.07) is 7.55. The van der Waals surface area contributed by atoms with E-state index in [0.29, 0.717) is 45.5 Å². The number of fused-ring (bicyclic) bond motifs is 2. The minimum absolute atomic E-state index is 0.0872. The fraction of sp³-hybridized carbons (Fsp3) is 0.258. The second-order valence-electron chi connectivity index (χ2n) is 12.3. The molecule has 0 amide bonds. The number of halogens is 2.